The molecule has 2 atom stereocenters. The second kappa shape index (κ2) is 13.2. The van der Waals surface area contributed by atoms with Gasteiger partial charge < -0.3 is 11.1 Å². The van der Waals surface area contributed by atoms with Crippen LogP contribution in [0.4, 0.5) is 0 Å². The van der Waals surface area contributed by atoms with E-state index in [1.54, 1.807) is 0 Å². The Kier molecular flexibility index (Phi) is 8.40. The van der Waals surface area contributed by atoms with Gasteiger partial charge in [-0.3, -0.25) is 4.99 Å². The highest BCUT2D eigenvalue weighted by atomic mass is 15.0. The Labute approximate surface area is 295 Å². The fourth-order valence-corrected chi connectivity index (χ4v) is 8.12. The molecule has 3 aliphatic rings. The van der Waals surface area contributed by atoms with E-state index in [9.17, 15) is 0 Å². The molecular formula is C47H43N3. The topological polar surface area (TPSA) is 50.4 Å². The first-order chi connectivity index (χ1) is 24.6. The molecule has 0 saturated heterocycles. The van der Waals surface area contributed by atoms with Crippen LogP contribution in [0.1, 0.15) is 65.0 Å². The Morgan fingerprint density at radius 1 is 0.600 bits per heavy atom. The van der Waals surface area contributed by atoms with Crippen LogP contribution in [0, 0.1) is 0 Å². The smallest absolute Gasteiger partial charge is 0.118 e. The predicted molar refractivity (Wildman–Crippen MR) is 211 cm³/mol. The van der Waals surface area contributed by atoms with Gasteiger partial charge in [-0.25, -0.2) is 0 Å². The zero-order valence-corrected chi connectivity index (χ0v) is 29.0. The lowest BCUT2D eigenvalue weighted by Crippen LogP contribution is -2.25. The number of hydrogen-bond acceptors (Lipinski definition) is 3. The highest BCUT2D eigenvalue weighted by Crippen LogP contribution is 2.56. The van der Waals surface area contributed by atoms with Crippen molar-refractivity contribution in [3.05, 3.63) is 191 Å². The van der Waals surface area contributed by atoms with Crippen LogP contribution in [-0.2, 0) is 18.3 Å². The minimum atomic E-state index is -0.0837. The van der Waals surface area contributed by atoms with Gasteiger partial charge in [0.15, 0.2) is 0 Å². The second-order valence-corrected chi connectivity index (χ2v) is 13.4. The summed E-state index contributed by atoms with van der Waals surface area (Å²) in [6, 6.07) is 55.2. The Morgan fingerprint density at radius 3 is 1.88 bits per heavy atom. The third kappa shape index (κ3) is 5.53. The van der Waals surface area contributed by atoms with Crippen molar-refractivity contribution in [2.45, 2.75) is 44.3 Å². The molecule has 0 bridgehead atoms. The summed E-state index contributed by atoms with van der Waals surface area (Å²) in [6.07, 6.45) is 2.08. The number of nitrogens with one attached hydrogen (secondary N) is 1. The molecule has 0 amide bonds. The Morgan fingerprint density at radius 2 is 1.18 bits per heavy atom. The van der Waals surface area contributed by atoms with Crippen molar-refractivity contribution < 1.29 is 0 Å². The van der Waals surface area contributed by atoms with E-state index in [2.05, 4.69) is 145 Å². The molecule has 3 nitrogen and oxygen atoms in total. The molecule has 1 spiro atoms. The van der Waals surface area contributed by atoms with Crippen molar-refractivity contribution in [3.63, 3.8) is 0 Å². The molecule has 7 aromatic carbocycles. The van der Waals surface area contributed by atoms with Crippen LogP contribution in [-0.4, -0.2) is 12.8 Å². The summed E-state index contributed by atoms with van der Waals surface area (Å²) in [5.74, 6) is 0. The standard InChI is InChI=1S/C33H23N.C12H14N2.C2H6/c1-2-8-22-17-23(14-13-21(22)7-1)31-32(34-31)24-15-16-28-27-11-5-6-12-29(27)33(30(28)18-24)19-25-9-3-4-10-26(25)20-33;1-14-12(13)11-7-6-9-4-2-3-5-10(9)8-11;1-2/h1-18,32H,19-20H2;2-8,12,14H,13H2,1H3;1-2H3. The number of nitrogens with zero attached hydrogens (tertiary/aromatic N) is 1. The summed E-state index contributed by atoms with van der Waals surface area (Å²) in [6.45, 7) is 4.00. The number of rotatable bonds is 4. The van der Waals surface area contributed by atoms with E-state index in [0.29, 0.717) is 0 Å². The van der Waals surface area contributed by atoms with Gasteiger partial charge in [-0.15, -0.1) is 0 Å². The van der Waals surface area contributed by atoms with E-state index in [-0.39, 0.29) is 17.6 Å². The average molecular weight is 650 g/mol. The van der Waals surface area contributed by atoms with E-state index in [1.165, 1.54) is 71.8 Å². The number of nitrogens with two attached hydrogens (primary N) is 1. The molecule has 0 aromatic heterocycles. The first kappa shape index (κ1) is 31.9. The van der Waals surface area contributed by atoms with Gasteiger partial charge in [0.2, 0.25) is 0 Å². The van der Waals surface area contributed by atoms with E-state index in [4.69, 9.17) is 10.7 Å². The molecule has 3 heteroatoms. The van der Waals surface area contributed by atoms with Gasteiger partial charge >= 0.3 is 0 Å². The number of benzene rings is 7. The normalized spacial score (nSPS) is 16.3. The van der Waals surface area contributed by atoms with Crippen LogP contribution < -0.4 is 11.1 Å². The first-order valence-corrected chi connectivity index (χ1v) is 17.9. The summed E-state index contributed by atoms with van der Waals surface area (Å²) >= 11 is 0. The summed E-state index contributed by atoms with van der Waals surface area (Å²) in [7, 11) is 1.86. The molecule has 1 heterocycles. The van der Waals surface area contributed by atoms with Gasteiger partial charge in [-0.2, -0.15) is 0 Å². The van der Waals surface area contributed by atoms with Crippen LogP contribution in [0.3, 0.4) is 0 Å². The van der Waals surface area contributed by atoms with Crippen LogP contribution in [0.2, 0.25) is 0 Å². The molecule has 50 heavy (non-hydrogen) atoms. The van der Waals surface area contributed by atoms with Gasteiger partial charge in [0, 0.05) is 5.41 Å². The monoisotopic (exact) mass is 649 g/mol. The van der Waals surface area contributed by atoms with Gasteiger partial charge in [0.05, 0.1) is 11.9 Å². The third-order valence-corrected chi connectivity index (χ3v) is 10.7. The van der Waals surface area contributed by atoms with Crippen molar-refractivity contribution in [1.82, 2.24) is 5.32 Å². The Hall–Kier alpha value is -5.35. The number of fused-ring (bicyclic) bond motifs is 8. The minimum absolute atomic E-state index is 0.0453. The minimum Gasteiger partial charge on any atom is -0.312 e. The molecule has 2 unspecified atom stereocenters. The van der Waals surface area contributed by atoms with Gasteiger partial charge in [0.1, 0.15) is 6.04 Å². The van der Waals surface area contributed by atoms with Gasteiger partial charge in [0.25, 0.3) is 0 Å². The maximum absolute atomic E-state index is 5.87. The van der Waals surface area contributed by atoms with Crippen LogP contribution in [0.25, 0.3) is 32.7 Å². The largest absolute Gasteiger partial charge is 0.312 e. The quantitative estimate of drug-likeness (QED) is 0.186. The number of hydrogen-bond donors (Lipinski definition) is 2. The summed E-state index contributed by atoms with van der Waals surface area (Å²) in [4.78, 5) is 4.95. The predicted octanol–water partition coefficient (Wildman–Crippen LogP) is 10.5. The van der Waals surface area contributed by atoms with Crippen molar-refractivity contribution in [3.8, 4) is 11.1 Å². The van der Waals surface area contributed by atoms with Crippen molar-refractivity contribution in [2.24, 2.45) is 10.7 Å². The highest BCUT2D eigenvalue weighted by molar-refractivity contribution is 6.15. The Balaban J connectivity index is 0.000000190. The molecule has 246 valence electrons. The van der Waals surface area contributed by atoms with Crippen molar-refractivity contribution in [2.75, 3.05) is 7.05 Å². The molecule has 7 aromatic rings. The molecule has 0 fully saturated rings. The zero-order chi connectivity index (χ0) is 34.2. The van der Waals surface area contributed by atoms with Crippen LogP contribution >= 0.6 is 0 Å². The molecule has 0 radical (unpaired) electrons. The van der Waals surface area contributed by atoms with E-state index in [0.717, 1.165) is 18.4 Å². The third-order valence-electron chi connectivity index (χ3n) is 10.7. The molecule has 2 aliphatic carbocycles. The molecule has 3 N–H and O–H groups in total. The van der Waals surface area contributed by atoms with Crippen LogP contribution in [0.15, 0.2) is 157 Å². The van der Waals surface area contributed by atoms with Crippen molar-refractivity contribution in [1.29, 1.82) is 0 Å². The molecule has 10 rings (SSSR count). The molecule has 0 saturated carbocycles. The van der Waals surface area contributed by atoms with Crippen molar-refractivity contribution >= 4 is 27.3 Å². The molecular weight excluding hydrogens is 607 g/mol. The van der Waals surface area contributed by atoms with Crippen LogP contribution in [0.5, 0.6) is 0 Å². The maximum Gasteiger partial charge on any atom is 0.118 e. The van der Waals surface area contributed by atoms with E-state index >= 15 is 0 Å². The fraction of sp³-hybridized carbons (Fsp3) is 0.170. The van der Waals surface area contributed by atoms with Gasteiger partial charge in [-0.1, -0.05) is 153 Å². The SMILES string of the molecule is CC.CNC(N)c1ccc2ccccc2c1.c1ccc2c(c1)CC1(C2)c2ccccc2-c2ccc(C3N=C3c3ccc4ccccc4c3)cc21. The van der Waals surface area contributed by atoms with Gasteiger partial charge in [-0.05, 0) is 104 Å². The number of aliphatic imine (C=N–C) groups is 1. The van der Waals surface area contributed by atoms with E-state index < -0.39 is 0 Å². The summed E-state index contributed by atoms with van der Waals surface area (Å²) in [5, 5.41) is 8.06. The lowest BCUT2D eigenvalue weighted by molar-refractivity contribution is 0.563. The maximum atomic E-state index is 5.87. The first-order valence-electron chi connectivity index (χ1n) is 17.9. The average Bonchev–Trinajstić information content (AvgIpc) is 3.83. The fourth-order valence-electron chi connectivity index (χ4n) is 8.12. The lowest BCUT2D eigenvalue weighted by Gasteiger charge is -2.27. The molecule has 1 aliphatic heterocycles. The lowest BCUT2D eigenvalue weighted by atomic mass is 9.75. The zero-order valence-electron chi connectivity index (χ0n) is 29.0. The summed E-state index contributed by atoms with van der Waals surface area (Å²) < 4.78 is 0. The highest BCUT2D eigenvalue weighted by Gasteiger charge is 2.47. The van der Waals surface area contributed by atoms with E-state index in [1.807, 2.05) is 33.0 Å². The summed E-state index contributed by atoms with van der Waals surface area (Å²) in [5.41, 5.74) is 19.6. The Bertz CT molecular complexity index is 2360. The second-order valence-electron chi connectivity index (χ2n) is 13.4.